The summed E-state index contributed by atoms with van der Waals surface area (Å²) in [5.74, 6) is -1.25. The van der Waals surface area contributed by atoms with Crippen LogP contribution in [0.25, 0.3) is 0 Å². The molecule has 2 nitrogen and oxygen atoms in total. The van der Waals surface area contributed by atoms with Crippen LogP contribution in [0.15, 0.2) is 24.3 Å². The Labute approximate surface area is 102 Å². The van der Waals surface area contributed by atoms with E-state index in [0.717, 1.165) is 5.56 Å². The predicted molar refractivity (Wildman–Crippen MR) is 70.0 cm³/mol. The van der Waals surface area contributed by atoms with E-state index in [1.54, 1.807) is 12.1 Å². The number of rotatable bonds is 4. The maximum absolute atomic E-state index is 11.3. The van der Waals surface area contributed by atoms with Crippen molar-refractivity contribution >= 4 is 25.6 Å². The lowest BCUT2D eigenvalue weighted by atomic mass is 10.0. The Morgan fingerprint density at radius 3 is 2.38 bits per heavy atom. The SMILES string of the molecule is C[Si](C)(C)CC(C(=O)O)c1ccccc1Cl. The van der Waals surface area contributed by atoms with Crippen LogP contribution >= 0.6 is 11.6 Å². The molecule has 4 heteroatoms. The van der Waals surface area contributed by atoms with Crippen LogP contribution in [-0.4, -0.2) is 19.1 Å². The second kappa shape index (κ2) is 5.02. The molecule has 0 radical (unpaired) electrons. The Morgan fingerprint density at radius 2 is 1.94 bits per heavy atom. The molecule has 0 fully saturated rings. The largest absolute Gasteiger partial charge is 0.481 e. The van der Waals surface area contributed by atoms with Gasteiger partial charge in [0.25, 0.3) is 0 Å². The van der Waals surface area contributed by atoms with Gasteiger partial charge in [-0.1, -0.05) is 49.4 Å². The fourth-order valence-electron chi connectivity index (χ4n) is 1.70. The average molecular weight is 257 g/mol. The molecule has 1 unspecified atom stereocenters. The first-order valence-corrected chi connectivity index (χ1v) is 9.37. The molecule has 0 heterocycles. The number of benzene rings is 1. The van der Waals surface area contributed by atoms with Crippen LogP contribution in [-0.2, 0) is 4.79 Å². The van der Waals surface area contributed by atoms with E-state index < -0.39 is 20.0 Å². The quantitative estimate of drug-likeness (QED) is 0.831. The Hall–Kier alpha value is -0.803. The average Bonchev–Trinajstić information content (AvgIpc) is 2.13. The molecule has 88 valence electrons. The van der Waals surface area contributed by atoms with Crippen molar-refractivity contribution in [2.75, 3.05) is 0 Å². The second-order valence-electron chi connectivity index (χ2n) is 5.18. The molecule has 0 aliphatic carbocycles. The van der Waals surface area contributed by atoms with Crippen LogP contribution < -0.4 is 0 Å². The van der Waals surface area contributed by atoms with Crippen LogP contribution in [0.4, 0.5) is 0 Å². The standard InChI is InChI=1S/C12H17ClO2Si/c1-16(2,3)8-10(12(14)15)9-6-4-5-7-11(9)13/h4-7,10H,8H2,1-3H3,(H,14,15). The van der Waals surface area contributed by atoms with Crippen LogP contribution in [0.2, 0.25) is 30.7 Å². The Balaban J connectivity index is 3.04. The van der Waals surface area contributed by atoms with Crippen molar-refractivity contribution in [1.29, 1.82) is 0 Å². The summed E-state index contributed by atoms with van der Waals surface area (Å²) in [5, 5.41) is 9.83. The lowest BCUT2D eigenvalue weighted by Gasteiger charge is -2.22. The maximum atomic E-state index is 11.3. The lowest BCUT2D eigenvalue weighted by Crippen LogP contribution is -2.26. The number of halogens is 1. The minimum atomic E-state index is -1.43. The Morgan fingerprint density at radius 1 is 1.38 bits per heavy atom. The third-order valence-corrected chi connectivity index (χ3v) is 4.37. The number of carboxylic acids is 1. The number of carboxylic acid groups (broad SMARTS) is 1. The van der Waals surface area contributed by atoms with E-state index in [0.29, 0.717) is 11.1 Å². The van der Waals surface area contributed by atoms with Crippen molar-refractivity contribution in [1.82, 2.24) is 0 Å². The van der Waals surface area contributed by atoms with Crippen molar-refractivity contribution in [2.24, 2.45) is 0 Å². The summed E-state index contributed by atoms with van der Waals surface area (Å²) in [4.78, 5) is 11.3. The van der Waals surface area contributed by atoms with Gasteiger partial charge in [0.1, 0.15) is 0 Å². The van der Waals surface area contributed by atoms with E-state index >= 15 is 0 Å². The highest BCUT2D eigenvalue weighted by Crippen LogP contribution is 2.31. The lowest BCUT2D eigenvalue weighted by molar-refractivity contribution is -0.138. The van der Waals surface area contributed by atoms with Gasteiger partial charge in [0, 0.05) is 13.1 Å². The molecule has 1 rings (SSSR count). The van der Waals surface area contributed by atoms with Gasteiger partial charge in [-0.15, -0.1) is 0 Å². The molecule has 1 atom stereocenters. The zero-order valence-electron chi connectivity index (χ0n) is 9.83. The van der Waals surface area contributed by atoms with Gasteiger partial charge in [-0.2, -0.15) is 0 Å². The smallest absolute Gasteiger partial charge is 0.310 e. The summed E-state index contributed by atoms with van der Waals surface area (Å²) in [7, 11) is -1.43. The first-order valence-electron chi connectivity index (χ1n) is 5.28. The maximum Gasteiger partial charge on any atom is 0.310 e. The first-order chi connectivity index (χ1) is 7.31. The molecule has 0 spiro atoms. The number of aliphatic carboxylic acids is 1. The second-order valence-corrected chi connectivity index (χ2v) is 11.1. The zero-order chi connectivity index (χ0) is 12.3. The van der Waals surface area contributed by atoms with E-state index in [2.05, 4.69) is 19.6 Å². The molecule has 0 amide bonds. The highest BCUT2D eigenvalue weighted by molar-refractivity contribution is 6.76. The monoisotopic (exact) mass is 256 g/mol. The van der Waals surface area contributed by atoms with E-state index in [1.165, 1.54) is 0 Å². The topological polar surface area (TPSA) is 37.3 Å². The molecule has 0 bridgehead atoms. The van der Waals surface area contributed by atoms with Crippen molar-refractivity contribution in [3.8, 4) is 0 Å². The van der Waals surface area contributed by atoms with Crippen LogP contribution in [0.1, 0.15) is 11.5 Å². The molecule has 1 N–H and O–H groups in total. The van der Waals surface area contributed by atoms with Gasteiger partial charge in [-0.3, -0.25) is 4.79 Å². The summed E-state index contributed by atoms with van der Waals surface area (Å²) in [5.41, 5.74) is 0.735. The Bertz CT molecular complexity index is 385. The van der Waals surface area contributed by atoms with Crippen molar-refractivity contribution in [3.63, 3.8) is 0 Å². The van der Waals surface area contributed by atoms with Gasteiger partial charge in [0.2, 0.25) is 0 Å². The third-order valence-electron chi connectivity index (χ3n) is 2.40. The minimum absolute atomic E-state index is 0.472. The van der Waals surface area contributed by atoms with Crippen molar-refractivity contribution < 1.29 is 9.90 Å². The molecule has 0 saturated carbocycles. The number of hydrogen-bond donors (Lipinski definition) is 1. The fourth-order valence-corrected chi connectivity index (χ4v) is 3.59. The molecule has 0 aromatic heterocycles. The third kappa shape index (κ3) is 3.65. The van der Waals surface area contributed by atoms with Gasteiger partial charge in [0.05, 0.1) is 5.92 Å². The summed E-state index contributed by atoms with van der Waals surface area (Å²) < 4.78 is 0. The highest BCUT2D eigenvalue weighted by atomic mass is 35.5. The fraction of sp³-hybridized carbons (Fsp3) is 0.417. The number of hydrogen-bond acceptors (Lipinski definition) is 1. The molecule has 16 heavy (non-hydrogen) atoms. The summed E-state index contributed by atoms with van der Waals surface area (Å²) in [6, 6.07) is 7.92. The molecule has 0 aliphatic heterocycles. The molecule has 1 aromatic carbocycles. The van der Waals surface area contributed by atoms with Crippen LogP contribution in [0.3, 0.4) is 0 Å². The summed E-state index contributed by atoms with van der Waals surface area (Å²) in [6.07, 6.45) is 0. The van der Waals surface area contributed by atoms with E-state index in [-0.39, 0.29) is 0 Å². The highest BCUT2D eigenvalue weighted by Gasteiger charge is 2.28. The van der Waals surface area contributed by atoms with Crippen molar-refractivity contribution in [2.45, 2.75) is 31.6 Å². The first kappa shape index (κ1) is 13.3. The summed E-state index contributed by atoms with van der Waals surface area (Å²) >= 11 is 6.04. The Kier molecular flexibility index (Phi) is 4.16. The van der Waals surface area contributed by atoms with Crippen molar-refractivity contribution in [3.05, 3.63) is 34.9 Å². The summed E-state index contributed by atoms with van der Waals surface area (Å²) in [6.45, 7) is 6.50. The van der Waals surface area contributed by atoms with Gasteiger partial charge in [0.15, 0.2) is 0 Å². The predicted octanol–water partition coefficient (Wildman–Crippen LogP) is 3.85. The van der Waals surface area contributed by atoms with Gasteiger partial charge < -0.3 is 5.11 Å². The van der Waals surface area contributed by atoms with Gasteiger partial charge >= 0.3 is 5.97 Å². The molecule has 0 aliphatic rings. The molecule has 0 saturated heterocycles. The van der Waals surface area contributed by atoms with Crippen LogP contribution in [0, 0.1) is 0 Å². The molecule has 1 aromatic rings. The van der Waals surface area contributed by atoms with Crippen LogP contribution in [0.5, 0.6) is 0 Å². The number of carbonyl (C=O) groups is 1. The van der Waals surface area contributed by atoms with Gasteiger partial charge in [-0.25, -0.2) is 0 Å². The van der Waals surface area contributed by atoms with Gasteiger partial charge in [-0.05, 0) is 17.7 Å². The molecular weight excluding hydrogens is 240 g/mol. The molecular formula is C12H17ClO2Si. The normalized spacial score (nSPS) is 13.5. The van der Waals surface area contributed by atoms with E-state index in [1.807, 2.05) is 12.1 Å². The zero-order valence-corrected chi connectivity index (χ0v) is 11.6. The van der Waals surface area contributed by atoms with E-state index in [4.69, 9.17) is 11.6 Å². The minimum Gasteiger partial charge on any atom is -0.481 e. The van der Waals surface area contributed by atoms with E-state index in [9.17, 15) is 9.90 Å².